The highest BCUT2D eigenvalue weighted by atomic mass is 16.5. The molecular weight excluding hydrogens is 304 g/mol. The van der Waals surface area contributed by atoms with Crippen LogP contribution in [0.1, 0.15) is 0 Å². The van der Waals surface area contributed by atoms with E-state index < -0.39 is 0 Å². The Morgan fingerprint density at radius 2 is 1.75 bits per heavy atom. The van der Waals surface area contributed by atoms with E-state index in [9.17, 15) is 4.79 Å². The monoisotopic (exact) mass is 322 g/mol. The maximum atomic E-state index is 12.1. The van der Waals surface area contributed by atoms with E-state index in [-0.39, 0.29) is 12.5 Å². The van der Waals surface area contributed by atoms with Gasteiger partial charge in [0.15, 0.2) is 18.1 Å². The molecule has 24 heavy (non-hydrogen) atoms. The molecule has 0 bridgehead atoms. The summed E-state index contributed by atoms with van der Waals surface area (Å²) in [6.07, 6.45) is 3.90. The van der Waals surface area contributed by atoms with Gasteiger partial charge in [-0.3, -0.25) is 4.79 Å². The maximum Gasteiger partial charge on any atom is 0.262 e. The number of hydrogen-bond donors (Lipinski definition) is 1. The van der Waals surface area contributed by atoms with Crippen LogP contribution < -0.4 is 14.8 Å². The molecular formula is C19H18N2O3. The summed E-state index contributed by atoms with van der Waals surface area (Å²) in [6.45, 7) is -0.0892. The van der Waals surface area contributed by atoms with Crippen molar-refractivity contribution in [3.05, 3.63) is 73.1 Å². The van der Waals surface area contributed by atoms with Crippen molar-refractivity contribution >= 4 is 11.6 Å². The van der Waals surface area contributed by atoms with Crippen LogP contribution in [0, 0.1) is 0 Å². The van der Waals surface area contributed by atoms with E-state index >= 15 is 0 Å². The van der Waals surface area contributed by atoms with E-state index in [1.807, 2.05) is 65.5 Å². The highest BCUT2D eigenvalue weighted by Gasteiger charge is 2.07. The Balaban J connectivity index is 1.62. The SMILES string of the molecule is COc1ccccc1OCC(=O)Nc1cccc(-n2cccc2)c1. The first kappa shape index (κ1) is 15.7. The van der Waals surface area contributed by atoms with Crippen LogP contribution in [0.2, 0.25) is 0 Å². The molecule has 0 saturated carbocycles. The van der Waals surface area contributed by atoms with Gasteiger partial charge in [0.05, 0.1) is 7.11 Å². The molecule has 0 aliphatic heterocycles. The molecule has 5 heteroatoms. The van der Waals surface area contributed by atoms with Crippen LogP contribution in [0.15, 0.2) is 73.1 Å². The number of rotatable bonds is 6. The van der Waals surface area contributed by atoms with Crippen LogP contribution >= 0.6 is 0 Å². The van der Waals surface area contributed by atoms with Gasteiger partial charge in [0, 0.05) is 23.8 Å². The van der Waals surface area contributed by atoms with Crippen molar-refractivity contribution in [2.45, 2.75) is 0 Å². The quantitative estimate of drug-likeness (QED) is 0.755. The molecule has 0 fully saturated rings. The van der Waals surface area contributed by atoms with E-state index in [0.29, 0.717) is 11.5 Å². The predicted octanol–water partition coefficient (Wildman–Crippen LogP) is 3.50. The first-order chi connectivity index (χ1) is 11.8. The number of methoxy groups -OCH3 is 1. The zero-order valence-electron chi connectivity index (χ0n) is 13.3. The van der Waals surface area contributed by atoms with Gasteiger partial charge in [-0.1, -0.05) is 18.2 Å². The smallest absolute Gasteiger partial charge is 0.262 e. The van der Waals surface area contributed by atoms with Crippen molar-refractivity contribution in [1.82, 2.24) is 4.57 Å². The van der Waals surface area contributed by atoms with E-state index in [1.165, 1.54) is 0 Å². The first-order valence-electron chi connectivity index (χ1n) is 7.55. The Bertz CT molecular complexity index is 813. The molecule has 0 spiro atoms. The third-order valence-corrected chi connectivity index (χ3v) is 3.46. The molecule has 1 N–H and O–H groups in total. The maximum absolute atomic E-state index is 12.1. The zero-order chi connectivity index (χ0) is 16.8. The molecule has 5 nitrogen and oxygen atoms in total. The van der Waals surface area contributed by atoms with Gasteiger partial charge in [0.2, 0.25) is 0 Å². The second-order valence-corrected chi connectivity index (χ2v) is 5.13. The highest BCUT2D eigenvalue weighted by molar-refractivity contribution is 5.92. The fourth-order valence-corrected chi connectivity index (χ4v) is 2.33. The minimum Gasteiger partial charge on any atom is -0.493 e. The van der Waals surface area contributed by atoms with Crippen molar-refractivity contribution in [3.8, 4) is 17.2 Å². The average Bonchev–Trinajstić information content (AvgIpc) is 3.15. The topological polar surface area (TPSA) is 52.5 Å². The largest absolute Gasteiger partial charge is 0.493 e. The van der Waals surface area contributed by atoms with Crippen LogP contribution in [0.4, 0.5) is 5.69 Å². The lowest BCUT2D eigenvalue weighted by atomic mass is 10.2. The molecule has 3 aromatic rings. The molecule has 0 aliphatic rings. The molecule has 1 aromatic heterocycles. The van der Waals surface area contributed by atoms with Gasteiger partial charge in [-0.2, -0.15) is 0 Å². The standard InChI is InChI=1S/C19H18N2O3/c1-23-17-9-2-3-10-18(17)24-14-19(22)20-15-7-6-8-16(13-15)21-11-4-5-12-21/h2-13H,14H2,1H3,(H,20,22). The summed E-state index contributed by atoms with van der Waals surface area (Å²) >= 11 is 0. The van der Waals surface area contributed by atoms with Crippen molar-refractivity contribution < 1.29 is 14.3 Å². The molecule has 0 aliphatic carbocycles. The number of para-hydroxylation sites is 2. The van der Waals surface area contributed by atoms with Gasteiger partial charge in [0.1, 0.15) is 0 Å². The fraction of sp³-hybridized carbons (Fsp3) is 0.105. The summed E-state index contributed by atoms with van der Waals surface area (Å²) in [6, 6.07) is 18.7. The lowest BCUT2D eigenvalue weighted by Crippen LogP contribution is -2.20. The van der Waals surface area contributed by atoms with Crippen LogP contribution in [-0.2, 0) is 4.79 Å². The normalized spacial score (nSPS) is 10.2. The van der Waals surface area contributed by atoms with Gasteiger partial charge in [0.25, 0.3) is 5.91 Å². The van der Waals surface area contributed by atoms with Gasteiger partial charge >= 0.3 is 0 Å². The Labute approximate surface area is 140 Å². The third kappa shape index (κ3) is 3.76. The van der Waals surface area contributed by atoms with E-state index in [4.69, 9.17) is 9.47 Å². The number of carbonyl (C=O) groups excluding carboxylic acids is 1. The molecule has 0 saturated heterocycles. The molecule has 0 atom stereocenters. The number of carbonyl (C=O) groups is 1. The van der Waals surface area contributed by atoms with Gasteiger partial charge in [-0.15, -0.1) is 0 Å². The Morgan fingerprint density at radius 1 is 1.00 bits per heavy atom. The molecule has 1 amide bonds. The zero-order valence-corrected chi connectivity index (χ0v) is 13.3. The number of benzene rings is 2. The minimum atomic E-state index is -0.231. The molecule has 3 rings (SSSR count). The van der Waals surface area contributed by atoms with E-state index in [0.717, 1.165) is 11.4 Å². The Morgan fingerprint density at radius 3 is 2.50 bits per heavy atom. The fourth-order valence-electron chi connectivity index (χ4n) is 2.33. The molecule has 0 unspecified atom stereocenters. The number of hydrogen-bond acceptors (Lipinski definition) is 3. The van der Waals surface area contributed by atoms with Crippen LogP contribution in [-0.4, -0.2) is 24.2 Å². The second-order valence-electron chi connectivity index (χ2n) is 5.13. The number of nitrogens with one attached hydrogen (secondary N) is 1. The molecule has 2 aromatic carbocycles. The number of ether oxygens (including phenoxy) is 2. The summed E-state index contributed by atoms with van der Waals surface area (Å²) in [5.41, 5.74) is 1.69. The number of nitrogens with zero attached hydrogens (tertiary/aromatic N) is 1. The van der Waals surface area contributed by atoms with Gasteiger partial charge < -0.3 is 19.4 Å². The molecule has 122 valence electrons. The van der Waals surface area contributed by atoms with Gasteiger partial charge in [-0.05, 0) is 42.5 Å². The van der Waals surface area contributed by atoms with E-state index in [1.54, 1.807) is 19.2 Å². The Kier molecular flexibility index (Phi) is 4.81. The van der Waals surface area contributed by atoms with Crippen LogP contribution in [0.5, 0.6) is 11.5 Å². The molecule has 0 radical (unpaired) electrons. The third-order valence-electron chi connectivity index (χ3n) is 3.46. The summed E-state index contributed by atoms with van der Waals surface area (Å²) < 4.78 is 12.7. The number of amides is 1. The summed E-state index contributed by atoms with van der Waals surface area (Å²) in [5.74, 6) is 0.904. The summed E-state index contributed by atoms with van der Waals surface area (Å²) in [5, 5.41) is 2.83. The predicted molar refractivity (Wildman–Crippen MR) is 92.9 cm³/mol. The van der Waals surface area contributed by atoms with Crippen molar-refractivity contribution in [1.29, 1.82) is 0 Å². The average molecular weight is 322 g/mol. The van der Waals surface area contributed by atoms with Crippen molar-refractivity contribution in [2.24, 2.45) is 0 Å². The summed E-state index contributed by atoms with van der Waals surface area (Å²) in [7, 11) is 1.56. The van der Waals surface area contributed by atoms with Crippen LogP contribution in [0.3, 0.4) is 0 Å². The van der Waals surface area contributed by atoms with Crippen molar-refractivity contribution in [2.75, 3.05) is 19.0 Å². The number of anilines is 1. The van der Waals surface area contributed by atoms with E-state index in [2.05, 4.69) is 5.32 Å². The van der Waals surface area contributed by atoms with Crippen LogP contribution in [0.25, 0.3) is 5.69 Å². The lowest BCUT2D eigenvalue weighted by Gasteiger charge is -2.11. The minimum absolute atomic E-state index is 0.0892. The van der Waals surface area contributed by atoms with Crippen molar-refractivity contribution in [3.63, 3.8) is 0 Å². The first-order valence-corrected chi connectivity index (χ1v) is 7.55. The highest BCUT2D eigenvalue weighted by Crippen LogP contribution is 2.25. The second kappa shape index (κ2) is 7.37. The summed E-state index contributed by atoms with van der Waals surface area (Å²) in [4.78, 5) is 12.1. The number of aromatic nitrogens is 1. The van der Waals surface area contributed by atoms with Gasteiger partial charge in [-0.25, -0.2) is 0 Å². The Hall–Kier alpha value is -3.21. The lowest BCUT2D eigenvalue weighted by molar-refractivity contribution is -0.118. The molecule has 1 heterocycles.